The number of nitrogens with one attached hydrogen (secondary N) is 1. The summed E-state index contributed by atoms with van der Waals surface area (Å²) in [6.45, 7) is 2.97. The molecule has 1 saturated carbocycles. The molecule has 1 saturated heterocycles. The Morgan fingerprint density at radius 3 is 2.42 bits per heavy atom. The molecule has 2 N–H and O–H groups in total. The minimum atomic E-state index is -0.743. The summed E-state index contributed by atoms with van der Waals surface area (Å²) in [5, 5.41) is 14.1. The number of carboxylic acid groups (broad SMARTS) is 1. The molecule has 0 radical (unpaired) electrons. The molecule has 0 bridgehead atoms. The van der Waals surface area contributed by atoms with Gasteiger partial charge in [-0.1, -0.05) is 48.7 Å². The van der Waals surface area contributed by atoms with Gasteiger partial charge in [0.1, 0.15) is 11.3 Å². The Kier molecular flexibility index (Phi) is 7.91. The summed E-state index contributed by atoms with van der Waals surface area (Å²) in [7, 11) is 3.66. The number of amides is 1. The minimum absolute atomic E-state index is 0.234. The molecule has 1 aliphatic carbocycles. The smallest absolute Gasteiger partial charge is 0.311 e. The standard InChI is InChI=1S/C17H21NO4.C11H12ClNO/c19-11-18-17(9-22-10-17)14-7-5-13(6-8-14)15(16(20)21)12-3-1-2-4-12;1-7-6-8-9(13(7)2)4-5-10(14-3)11(8)12/h5-8,11-12,15H,1-4,9-10H2,(H,18,19)(H,20,21);4-6H,1-3H3. The number of carbonyl (C=O) groups is 2. The highest BCUT2D eigenvalue weighted by Gasteiger charge is 2.40. The SMILES string of the molecule is COc1ccc2c(cc(C)n2C)c1Cl.O=CNC1(c2ccc(C(C(=O)O)C3CCCC3)cc2)COC1. The number of carbonyl (C=O) groups excluding carboxylic acids is 1. The summed E-state index contributed by atoms with van der Waals surface area (Å²) < 4.78 is 12.5. The van der Waals surface area contributed by atoms with E-state index < -0.39 is 17.4 Å². The van der Waals surface area contributed by atoms with Gasteiger partial charge in [0, 0.05) is 23.6 Å². The van der Waals surface area contributed by atoms with Crippen LogP contribution in [0.3, 0.4) is 0 Å². The van der Waals surface area contributed by atoms with Crippen LogP contribution in [0.2, 0.25) is 5.02 Å². The van der Waals surface area contributed by atoms with Gasteiger partial charge < -0.3 is 24.5 Å². The van der Waals surface area contributed by atoms with E-state index in [4.69, 9.17) is 21.1 Å². The number of aromatic nitrogens is 1. The topological polar surface area (TPSA) is 89.8 Å². The van der Waals surface area contributed by atoms with Gasteiger partial charge in [-0.2, -0.15) is 0 Å². The van der Waals surface area contributed by atoms with E-state index in [2.05, 4.69) is 22.9 Å². The summed E-state index contributed by atoms with van der Waals surface area (Å²) in [5.41, 5.74) is 3.69. The van der Waals surface area contributed by atoms with Gasteiger partial charge in [0.25, 0.3) is 0 Å². The number of carboxylic acids is 1. The van der Waals surface area contributed by atoms with Crippen LogP contribution in [-0.2, 0) is 26.9 Å². The molecule has 1 unspecified atom stereocenters. The molecular weight excluding hydrogens is 480 g/mol. The molecule has 0 spiro atoms. The number of fused-ring (bicyclic) bond motifs is 1. The van der Waals surface area contributed by atoms with Crippen LogP contribution in [0, 0.1) is 12.8 Å². The Balaban J connectivity index is 0.000000187. The minimum Gasteiger partial charge on any atom is -0.495 e. The van der Waals surface area contributed by atoms with Gasteiger partial charge in [-0.05, 0) is 55.0 Å². The summed E-state index contributed by atoms with van der Waals surface area (Å²) in [5.74, 6) is -0.209. The predicted octanol–water partition coefficient (Wildman–Crippen LogP) is 5.17. The Hall–Kier alpha value is -3.03. The van der Waals surface area contributed by atoms with Crippen molar-refractivity contribution in [3.8, 4) is 5.75 Å². The largest absolute Gasteiger partial charge is 0.495 e. The molecule has 3 aromatic rings. The van der Waals surface area contributed by atoms with Gasteiger partial charge in [-0.25, -0.2) is 0 Å². The number of ether oxygens (including phenoxy) is 2. The molecule has 5 rings (SSSR count). The van der Waals surface area contributed by atoms with Crippen molar-refractivity contribution in [1.82, 2.24) is 9.88 Å². The van der Waals surface area contributed by atoms with Crippen molar-refractivity contribution in [2.75, 3.05) is 20.3 Å². The molecule has 1 aliphatic heterocycles. The monoisotopic (exact) mass is 512 g/mol. The molecule has 1 aromatic heterocycles. The third-order valence-corrected chi connectivity index (χ3v) is 7.97. The number of aryl methyl sites for hydroxylation is 2. The molecule has 192 valence electrons. The van der Waals surface area contributed by atoms with E-state index in [9.17, 15) is 14.7 Å². The Bertz CT molecular complexity index is 1230. The third kappa shape index (κ3) is 4.95. The van der Waals surface area contributed by atoms with E-state index in [1.165, 1.54) is 5.69 Å². The zero-order valence-electron chi connectivity index (χ0n) is 20.9. The molecule has 1 atom stereocenters. The summed E-state index contributed by atoms with van der Waals surface area (Å²) >= 11 is 6.19. The normalized spacial score (nSPS) is 17.6. The number of methoxy groups -OCH3 is 1. The number of halogens is 1. The maximum absolute atomic E-state index is 11.7. The molecule has 1 amide bonds. The number of hydrogen-bond acceptors (Lipinski definition) is 4. The lowest BCUT2D eigenvalue weighted by atomic mass is 9.82. The molecule has 7 nitrogen and oxygen atoms in total. The Labute approximate surface area is 216 Å². The van der Waals surface area contributed by atoms with Gasteiger partial charge in [0.05, 0.1) is 31.3 Å². The van der Waals surface area contributed by atoms with E-state index in [-0.39, 0.29) is 5.92 Å². The fraction of sp³-hybridized carbons (Fsp3) is 0.429. The van der Waals surface area contributed by atoms with Crippen LogP contribution in [0.5, 0.6) is 5.75 Å². The lowest BCUT2D eigenvalue weighted by Crippen LogP contribution is -2.57. The van der Waals surface area contributed by atoms with E-state index in [1.807, 2.05) is 43.4 Å². The first-order chi connectivity index (χ1) is 17.3. The summed E-state index contributed by atoms with van der Waals surface area (Å²) in [4.78, 5) is 22.4. The fourth-order valence-corrected chi connectivity index (χ4v) is 5.61. The van der Waals surface area contributed by atoms with E-state index in [0.717, 1.165) is 53.5 Å². The quantitative estimate of drug-likeness (QED) is 0.426. The molecule has 36 heavy (non-hydrogen) atoms. The van der Waals surface area contributed by atoms with Crippen molar-refractivity contribution in [3.63, 3.8) is 0 Å². The van der Waals surface area contributed by atoms with Crippen LogP contribution in [0.25, 0.3) is 10.9 Å². The second kappa shape index (κ2) is 10.9. The first kappa shape index (κ1) is 26.0. The van der Waals surface area contributed by atoms with Crippen LogP contribution in [0.15, 0.2) is 42.5 Å². The third-order valence-electron chi connectivity index (χ3n) is 7.58. The first-order valence-electron chi connectivity index (χ1n) is 12.2. The zero-order chi connectivity index (χ0) is 25.9. The Morgan fingerprint density at radius 2 is 1.89 bits per heavy atom. The van der Waals surface area contributed by atoms with Gasteiger partial charge in [0.15, 0.2) is 0 Å². The lowest BCUT2D eigenvalue weighted by molar-refractivity contribution is -0.140. The number of aliphatic carboxylic acids is 1. The highest BCUT2D eigenvalue weighted by atomic mass is 35.5. The molecule has 2 heterocycles. The van der Waals surface area contributed by atoms with Crippen LogP contribution in [0.4, 0.5) is 0 Å². The van der Waals surface area contributed by atoms with Crippen molar-refractivity contribution >= 4 is 34.9 Å². The molecule has 2 aliphatic rings. The second-order valence-corrected chi connectivity index (χ2v) is 10.1. The van der Waals surface area contributed by atoms with Crippen LogP contribution < -0.4 is 10.1 Å². The predicted molar refractivity (Wildman–Crippen MR) is 140 cm³/mol. The average Bonchev–Trinajstić information content (AvgIpc) is 3.47. The van der Waals surface area contributed by atoms with E-state index in [0.29, 0.717) is 24.6 Å². The van der Waals surface area contributed by atoms with Crippen LogP contribution in [-0.4, -0.2) is 42.4 Å². The number of nitrogens with zero attached hydrogens (tertiary/aromatic N) is 1. The fourth-order valence-electron chi connectivity index (χ4n) is 5.31. The summed E-state index contributed by atoms with van der Waals surface area (Å²) in [6.07, 6.45) is 4.91. The van der Waals surface area contributed by atoms with Crippen molar-refractivity contribution in [2.45, 2.75) is 44.1 Å². The molecule has 8 heteroatoms. The highest BCUT2D eigenvalue weighted by Crippen LogP contribution is 2.38. The average molecular weight is 513 g/mol. The first-order valence-corrected chi connectivity index (χ1v) is 12.6. The molecule has 2 aromatic carbocycles. The second-order valence-electron chi connectivity index (χ2n) is 9.68. The number of benzene rings is 2. The van der Waals surface area contributed by atoms with Crippen molar-refractivity contribution in [3.05, 3.63) is 64.3 Å². The van der Waals surface area contributed by atoms with Crippen LogP contribution in [0.1, 0.15) is 48.4 Å². The lowest BCUT2D eigenvalue weighted by Gasteiger charge is -2.41. The highest BCUT2D eigenvalue weighted by molar-refractivity contribution is 6.37. The van der Waals surface area contributed by atoms with Gasteiger partial charge in [-0.15, -0.1) is 0 Å². The maximum Gasteiger partial charge on any atom is 0.311 e. The Morgan fingerprint density at radius 1 is 1.22 bits per heavy atom. The van der Waals surface area contributed by atoms with Gasteiger partial charge in [-0.3, -0.25) is 9.59 Å². The van der Waals surface area contributed by atoms with Crippen LogP contribution >= 0.6 is 11.6 Å². The van der Waals surface area contributed by atoms with E-state index in [1.54, 1.807) is 7.11 Å². The van der Waals surface area contributed by atoms with Crippen molar-refractivity contribution in [1.29, 1.82) is 0 Å². The van der Waals surface area contributed by atoms with E-state index >= 15 is 0 Å². The van der Waals surface area contributed by atoms with Gasteiger partial charge >= 0.3 is 5.97 Å². The molecule has 2 fully saturated rings. The number of rotatable bonds is 7. The molecular formula is C28H33ClN2O5. The van der Waals surface area contributed by atoms with Crippen molar-refractivity contribution < 1.29 is 24.2 Å². The maximum atomic E-state index is 11.7. The van der Waals surface area contributed by atoms with Gasteiger partial charge in [0.2, 0.25) is 6.41 Å². The number of hydrogen-bond donors (Lipinski definition) is 2. The zero-order valence-corrected chi connectivity index (χ0v) is 21.7. The summed E-state index contributed by atoms with van der Waals surface area (Å²) in [6, 6.07) is 13.6. The van der Waals surface area contributed by atoms with Crippen molar-refractivity contribution in [2.24, 2.45) is 13.0 Å².